The largest absolute Gasteiger partial charge is 0.481 e. The molecule has 1 aromatic carbocycles. The van der Waals surface area contributed by atoms with Crippen LogP contribution in [0.15, 0.2) is 22.7 Å². The lowest BCUT2D eigenvalue weighted by atomic mass is 9.79. The second-order valence-electron chi connectivity index (χ2n) is 5.34. The predicted molar refractivity (Wildman–Crippen MR) is 80.5 cm³/mol. The highest BCUT2D eigenvalue weighted by Gasteiger charge is 2.34. The average Bonchev–Trinajstić information content (AvgIpc) is 2.39. The number of nitriles is 1. The molecule has 0 bridgehead atoms. The number of nitrogens with one attached hydrogen (secondary N) is 1. The van der Waals surface area contributed by atoms with Gasteiger partial charge in [-0.3, -0.25) is 4.79 Å². The molecule has 1 saturated carbocycles. The number of aliphatic carboxylic acids is 1. The Labute approximate surface area is 126 Å². The summed E-state index contributed by atoms with van der Waals surface area (Å²) in [5, 5.41) is 21.7. The van der Waals surface area contributed by atoms with Crippen LogP contribution in [0.3, 0.4) is 0 Å². The van der Waals surface area contributed by atoms with E-state index >= 15 is 0 Å². The Bertz CT molecular complexity index is 545. The SMILES string of the molecule is N#Cc1ccc(Br)cc1NC1(CC(=O)O)CCCCC1. The highest BCUT2D eigenvalue weighted by atomic mass is 79.9. The van der Waals surface area contributed by atoms with Crippen molar-refractivity contribution < 1.29 is 9.90 Å². The van der Waals surface area contributed by atoms with Crippen LogP contribution in [0.25, 0.3) is 0 Å². The van der Waals surface area contributed by atoms with Gasteiger partial charge in [-0.15, -0.1) is 0 Å². The van der Waals surface area contributed by atoms with Crippen molar-refractivity contribution in [2.45, 2.75) is 44.1 Å². The normalized spacial score (nSPS) is 17.2. The van der Waals surface area contributed by atoms with Crippen LogP contribution < -0.4 is 5.32 Å². The summed E-state index contributed by atoms with van der Waals surface area (Å²) in [6.45, 7) is 0. The summed E-state index contributed by atoms with van der Waals surface area (Å²) < 4.78 is 0.875. The van der Waals surface area contributed by atoms with Gasteiger partial charge in [0.1, 0.15) is 6.07 Å². The molecule has 0 atom stereocenters. The third-order valence-corrected chi connectivity index (χ3v) is 4.30. The van der Waals surface area contributed by atoms with E-state index in [0.29, 0.717) is 11.3 Å². The molecule has 20 heavy (non-hydrogen) atoms. The molecular formula is C15H17BrN2O2. The highest BCUT2D eigenvalue weighted by molar-refractivity contribution is 9.10. The van der Waals surface area contributed by atoms with Gasteiger partial charge in [0.15, 0.2) is 0 Å². The Kier molecular flexibility index (Phi) is 4.66. The van der Waals surface area contributed by atoms with Crippen LogP contribution in [-0.2, 0) is 4.79 Å². The van der Waals surface area contributed by atoms with Gasteiger partial charge in [-0.1, -0.05) is 35.2 Å². The van der Waals surface area contributed by atoms with Crippen LogP contribution in [0.4, 0.5) is 5.69 Å². The van der Waals surface area contributed by atoms with E-state index in [-0.39, 0.29) is 6.42 Å². The molecule has 0 amide bonds. The second kappa shape index (κ2) is 6.27. The Morgan fingerprint density at radius 3 is 2.70 bits per heavy atom. The minimum Gasteiger partial charge on any atom is -0.481 e. The maximum absolute atomic E-state index is 11.2. The maximum atomic E-state index is 11.2. The molecule has 106 valence electrons. The number of halogens is 1. The number of carboxylic acids is 1. The summed E-state index contributed by atoms with van der Waals surface area (Å²) in [4.78, 5) is 11.2. The monoisotopic (exact) mass is 336 g/mol. The molecule has 4 nitrogen and oxygen atoms in total. The molecule has 0 aromatic heterocycles. The molecule has 0 unspecified atom stereocenters. The van der Waals surface area contributed by atoms with Crippen molar-refractivity contribution in [3.63, 3.8) is 0 Å². The van der Waals surface area contributed by atoms with E-state index in [9.17, 15) is 15.2 Å². The van der Waals surface area contributed by atoms with Gasteiger partial charge in [0.2, 0.25) is 0 Å². The fourth-order valence-corrected chi connectivity index (χ4v) is 3.23. The first-order valence-corrected chi connectivity index (χ1v) is 7.54. The number of carboxylic acid groups (broad SMARTS) is 1. The van der Waals surface area contributed by atoms with Gasteiger partial charge in [-0.05, 0) is 31.0 Å². The smallest absolute Gasteiger partial charge is 0.305 e. The van der Waals surface area contributed by atoms with Crippen molar-refractivity contribution in [3.8, 4) is 6.07 Å². The van der Waals surface area contributed by atoms with Crippen molar-refractivity contribution in [1.29, 1.82) is 5.26 Å². The molecule has 2 rings (SSSR count). The van der Waals surface area contributed by atoms with E-state index in [0.717, 1.165) is 36.6 Å². The molecule has 0 spiro atoms. The number of rotatable bonds is 4. The molecule has 0 heterocycles. The summed E-state index contributed by atoms with van der Waals surface area (Å²) in [5.41, 5.74) is 0.824. The van der Waals surface area contributed by atoms with Crippen LogP contribution in [0, 0.1) is 11.3 Å². The molecular weight excluding hydrogens is 320 g/mol. The summed E-state index contributed by atoms with van der Waals surface area (Å²) in [6.07, 6.45) is 4.94. The molecule has 0 radical (unpaired) electrons. The lowest BCUT2D eigenvalue weighted by Gasteiger charge is -2.38. The van der Waals surface area contributed by atoms with Gasteiger partial charge in [0.05, 0.1) is 17.7 Å². The molecule has 0 aliphatic heterocycles. The van der Waals surface area contributed by atoms with Crippen molar-refractivity contribution in [1.82, 2.24) is 0 Å². The number of carbonyl (C=O) groups is 1. The van der Waals surface area contributed by atoms with Gasteiger partial charge in [-0.2, -0.15) is 5.26 Å². The molecule has 2 N–H and O–H groups in total. The minimum atomic E-state index is -0.798. The lowest BCUT2D eigenvalue weighted by molar-refractivity contribution is -0.138. The summed E-state index contributed by atoms with van der Waals surface area (Å²) in [5.74, 6) is -0.798. The van der Waals surface area contributed by atoms with Crippen LogP contribution in [0.5, 0.6) is 0 Å². The zero-order valence-electron chi connectivity index (χ0n) is 11.2. The van der Waals surface area contributed by atoms with Crippen LogP contribution in [0.2, 0.25) is 0 Å². The average molecular weight is 337 g/mol. The van der Waals surface area contributed by atoms with Crippen molar-refractivity contribution in [2.24, 2.45) is 0 Å². The number of benzene rings is 1. The summed E-state index contributed by atoms with van der Waals surface area (Å²) in [7, 11) is 0. The Morgan fingerprint density at radius 1 is 1.40 bits per heavy atom. The molecule has 1 aliphatic rings. The second-order valence-corrected chi connectivity index (χ2v) is 6.25. The van der Waals surface area contributed by atoms with E-state index in [1.807, 2.05) is 12.1 Å². The number of nitrogens with zero attached hydrogens (tertiary/aromatic N) is 1. The Hall–Kier alpha value is -1.54. The topological polar surface area (TPSA) is 73.1 Å². The first kappa shape index (κ1) is 14.9. The third kappa shape index (κ3) is 3.51. The molecule has 0 saturated heterocycles. The molecule has 1 aliphatic carbocycles. The molecule has 5 heteroatoms. The van der Waals surface area contributed by atoms with Crippen LogP contribution >= 0.6 is 15.9 Å². The fraction of sp³-hybridized carbons (Fsp3) is 0.467. The van der Waals surface area contributed by atoms with Gasteiger partial charge in [0.25, 0.3) is 0 Å². The first-order valence-electron chi connectivity index (χ1n) is 6.74. The zero-order chi connectivity index (χ0) is 14.6. The van der Waals surface area contributed by atoms with E-state index in [2.05, 4.69) is 27.3 Å². The Morgan fingerprint density at radius 2 is 2.10 bits per heavy atom. The van der Waals surface area contributed by atoms with E-state index in [1.165, 1.54) is 0 Å². The highest BCUT2D eigenvalue weighted by Crippen LogP contribution is 2.36. The number of hydrogen-bond donors (Lipinski definition) is 2. The van der Waals surface area contributed by atoms with E-state index in [1.54, 1.807) is 6.07 Å². The lowest BCUT2D eigenvalue weighted by Crippen LogP contribution is -2.42. The van der Waals surface area contributed by atoms with Crippen molar-refractivity contribution in [2.75, 3.05) is 5.32 Å². The first-order chi connectivity index (χ1) is 9.54. The van der Waals surface area contributed by atoms with E-state index < -0.39 is 11.5 Å². The quantitative estimate of drug-likeness (QED) is 0.874. The number of hydrogen-bond acceptors (Lipinski definition) is 3. The maximum Gasteiger partial charge on any atom is 0.305 e. The summed E-state index contributed by atoms with van der Waals surface area (Å²) in [6, 6.07) is 7.55. The molecule has 1 fully saturated rings. The third-order valence-electron chi connectivity index (χ3n) is 3.80. The van der Waals surface area contributed by atoms with Crippen molar-refractivity contribution >= 4 is 27.6 Å². The Balaban J connectivity index is 2.30. The zero-order valence-corrected chi connectivity index (χ0v) is 12.7. The van der Waals surface area contributed by atoms with E-state index in [4.69, 9.17) is 0 Å². The van der Waals surface area contributed by atoms with Gasteiger partial charge < -0.3 is 10.4 Å². The summed E-state index contributed by atoms with van der Waals surface area (Å²) >= 11 is 3.39. The molecule has 1 aromatic rings. The van der Waals surface area contributed by atoms with Crippen LogP contribution in [0.1, 0.15) is 44.1 Å². The van der Waals surface area contributed by atoms with Gasteiger partial charge in [0, 0.05) is 10.0 Å². The van der Waals surface area contributed by atoms with Crippen LogP contribution in [-0.4, -0.2) is 16.6 Å². The standard InChI is InChI=1S/C15H17BrN2O2/c16-12-5-4-11(10-17)13(8-12)18-15(9-14(19)20)6-2-1-3-7-15/h4-5,8,18H,1-3,6-7,9H2,(H,19,20). The fourth-order valence-electron chi connectivity index (χ4n) is 2.87. The minimum absolute atomic E-state index is 0.0877. The van der Waals surface area contributed by atoms with Gasteiger partial charge in [-0.25, -0.2) is 0 Å². The van der Waals surface area contributed by atoms with Crippen molar-refractivity contribution in [3.05, 3.63) is 28.2 Å². The number of anilines is 1. The van der Waals surface area contributed by atoms with Gasteiger partial charge >= 0.3 is 5.97 Å². The predicted octanol–water partition coefficient (Wildman–Crippen LogP) is 3.91.